The molecule has 0 saturated heterocycles. The summed E-state index contributed by atoms with van der Waals surface area (Å²) in [5.41, 5.74) is 6.74. The van der Waals surface area contributed by atoms with Crippen molar-refractivity contribution >= 4 is 50.1 Å². The number of thioether (sulfide) groups is 1. The average molecular weight is 520 g/mol. The van der Waals surface area contributed by atoms with Crippen LogP contribution in [0, 0.1) is 0 Å². The number of carbonyl (C=O) groups excluding carboxylic acids is 3. The molecule has 2 N–H and O–H groups in total. The number of amides is 2. The molecule has 0 saturated carbocycles. The van der Waals surface area contributed by atoms with Gasteiger partial charge in [-0.05, 0) is 36.3 Å². The Bertz CT molecular complexity index is 1160. The molecule has 0 spiro atoms. The number of sulfone groups is 1. The van der Waals surface area contributed by atoms with E-state index < -0.39 is 51.2 Å². The molecule has 0 radical (unpaired) electrons. The van der Waals surface area contributed by atoms with Gasteiger partial charge in [0.15, 0.2) is 9.84 Å². The largest absolute Gasteiger partial charge is 0.450 e. The van der Waals surface area contributed by atoms with Gasteiger partial charge in [-0.2, -0.15) is 24.9 Å². The lowest BCUT2D eigenvalue weighted by Crippen LogP contribution is -2.49. The summed E-state index contributed by atoms with van der Waals surface area (Å²) < 4.78 is 60.3. The molecule has 2 rings (SSSR count). The molecule has 1 aromatic carbocycles. The minimum absolute atomic E-state index is 0.0148. The predicted molar refractivity (Wildman–Crippen MR) is 123 cm³/mol. The van der Waals surface area contributed by atoms with Crippen LogP contribution in [0.1, 0.15) is 18.4 Å². The third-order valence-electron chi connectivity index (χ3n) is 4.73. The zero-order valence-electron chi connectivity index (χ0n) is 18.2. The van der Waals surface area contributed by atoms with E-state index in [0.29, 0.717) is 11.1 Å². The number of hydrogen-bond acceptors (Lipinski definition) is 7. The van der Waals surface area contributed by atoms with Crippen molar-refractivity contribution < 1.29 is 36.0 Å². The summed E-state index contributed by atoms with van der Waals surface area (Å²) in [7, 11) is -3.71. The molecular formula is C21H24F3N3O5S2. The quantitative estimate of drug-likeness (QED) is 0.426. The number of primary amides is 1. The highest BCUT2D eigenvalue weighted by atomic mass is 32.2. The second-order valence-electron chi connectivity index (χ2n) is 7.66. The molecule has 0 fully saturated rings. The van der Waals surface area contributed by atoms with Crippen molar-refractivity contribution in [2.75, 3.05) is 23.5 Å². The number of nitrogens with zero attached hydrogens (tertiary/aromatic N) is 2. The van der Waals surface area contributed by atoms with E-state index in [1.165, 1.54) is 6.20 Å². The molecule has 13 heteroatoms. The number of nitrogens with two attached hydrogens (primary N) is 1. The average Bonchev–Trinajstić information content (AvgIpc) is 2.72. The van der Waals surface area contributed by atoms with E-state index in [0.717, 1.165) is 28.3 Å². The predicted octanol–water partition coefficient (Wildman–Crippen LogP) is 2.11. The van der Waals surface area contributed by atoms with E-state index in [-0.39, 0.29) is 25.1 Å². The smallest absolute Gasteiger partial charge is 0.368 e. The number of carbonyl (C=O) groups is 3. The summed E-state index contributed by atoms with van der Waals surface area (Å²) in [6, 6.07) is 7.76. The first-order valence-electron chi connectivity index (χ1n) is 10.1. The van der Waals surface area contributed by atoms with E-state index in [4.69, 9.17) is 5.73 Å². The first-order chi connectivity index (χ1) is 15.8. The number of para-hydroxylation sites is 1. The first-order valence-corrected chi connectivity index (χ1v) is 13.3. The molecule has 2 amide bonds. The molecule has 0 aliphatic rings. The van der Waals surface area contributed by atoms with Crippen LogP contribution in [0.4, 0.5) is 13.2 Å². The molecule has 0 aliphatic heterocycles. The Morgan fingerprint density at radius 2 is 1.88 bits per heavy atom. The Morgan fingerprint density at radius 1 is 1.21 bits per heavy atom. The van der Waals surface area contributed by atoms with E-state index in [1.54, 1.807) is 30.3 Å². The van der Waals surface area contributed by atoms with Crippen molar-refractivity contribution in [2.24, 2.45) is 5.73 Å². The molecule has 1 aromatic heterocycles. The van der Waals surface area contributed by atoms with Crippen LogP contribution in [0.3, 0.4) is 0 Å². The van der Waals surface area contributed by atoms with Gasteiger partial charge in [-0.3, -0.25) is 19.4 Å². The van der Waals surface area contributed by atoms with Gasteiger partial charge in [-0.15, -0.1) is 0 Å². The molecule has 0 bridgehead atoms. The van der Waals surface area contributed by atoms with Crippen LogP contribution in [-0.4, -0.2) is 71.6 Å². The van der Waals surface area contributed by atoms with Crippen molar-refractivity contribution in [1.82, 2.24) is 9.88 Å². The molecule has 34 heavy (non-hydrogen) atoms. The highest BCUT2D eigenvalue weighted by molar-refractivity contribution is 7.99. The van der Waals surface area contributed by atoms with Gasteiger partial charge < -0.3 is 10.6 Å². The van der Waals surface area contributed by atoms with E-state index >= 15 is 0 Å². The number of pyridine rings is 1. The van der Waals surface area contributed by atoms with Crippen LogP contribution in [0.5, 0.6) is 0 Å². The Morgan fingerprint density at radius 3 is 2.50 bits per heavy atom. The highest BCUT2D eigenvalue weighted by Gasteiger charge is 2.37. The summed E-state index contributed by atoms with van der Waals surface area (Å²) in [4.78, 5) is 41.3. The zero-order chi connectivity index (χ0) is 25.5. The van der Waals surface area contributed by atoms with Crippen molar-refractivity contribution in [3.8, 4) is 0 Å². The van der Waals surface area contributed by atoms with Crippen LogP contribution in [0.15, 0.2) is 36.5 Å². The lowest BCUT2D eigenvalue weighted by atomic mass is 10.1. The lowest BCUT2D eigenvalue weighted by molar-refractivity contribution is -0.167. The first kappa shape index (κ1) is 27.6. The molecule has 2 aromatic rings. The Kier molecular flexibility index (Phi) is 9.45. The van der Waals surface area contributed by atoms with Crippen LogP contribution in [-0.2, 0) is 30.8 Å². The Labute approximate surface area is 199 Å². The van der Waals surface area contributed by atoms with Crippen molar-refractivity contribution in [3.63, 3.8) is 0 Å². The fraction of sp³-hybridized carbons (Fsp3) is 0.429. The molecule has 1 heterocycles. The van der Waals surface area contributed by atoms with Crippen molar-refractivity contribution in [2.45, 2.75) is 31.6 Å². The number of benzene rings is 1. The fourth-order valence-corrected chi connectivity index (χ4v) is 4.63. The summed E-state index contributed by atoms with van der Waals surface area (Å²) >= 11 is 0.746. The Hall–Kier alpha value is -2.67. The van der Waals surface area contributed by atoms with Crippen molar-refractivity contribution in [1.29, 1.82) is 0 Å². The topological polar surface area (TPSA) is 128 Å². The van der Waals surface area contributed by atoms with Gasteiger partial charge in [-0.1, -0.05) is 18.2 Å². The minimum atomic E-state index is -4.91. The molecule has 186 valence electrons. The SMILES string of the molecule is CS(=O)(=O)CC(=O)N(Cc1cnc2ccccc2c1)[C@@H](CCCSCC(=O)C(F)(F)F)C(N)=O. The summed E-state index contributed by atoms with van der Waals surface area (Å²) in [6.45, 7) is -0.139. The monoisotopic (exact) mass is 519 g/mol. The second-order valence-corrected chi connectivity index (χ2v) is 10.9. The van der Waals surface area contributed by atoms with Gasteiger partial charge in [0, 0.05) is 24.4 Å². The van der Waals surface area contributed by atoms with Crippen molar-refractivity contribution in [3.05, 3.63) is 42.1 Å². The minimum Gasteiger partial charge on any atom is -0.368 e. The summed E-state index contributed by atoms with van der Waals surface area (Å²) in [5, 5.41) is 0.775. The summed E-state index contributed by atoms with van der Waals surface area (Å²) in [5.74, 6) is -5.07. The van der Waals surface area contributed by atoms with Gasteiger partial charge in [0.2, 0.25) is 17.6 Å². The number of halogens is 3. The Balaban J connectivity index is 2.17. The second kappa shape index (κ2) is 11.6. The van der Waals surface area contributed by atoms with Crippen LogP contribution in [0.25, 0.3) is 10.9 Å². The van der Waals surface area contributed by atoms with Gasteiger partial charge >= 0.3 is 6.18 Å². The van der Waals surface area contributed by atoms with Gasteiger partial charge in [0.25, 0.3) is 0 Å². The zero-order valence-corrected chi connectivity index (χ0v) is 19.9. The third kappa shape index (κ3) is 8.60. The molecule has 1 atom stereocenters. The maximum Gasteiger partial charge on any atom is 0.450 e. The molecule has 0 unspecified atom stereocenters. The standard InChI is InChI=1S/C21H24F3N3O5S2/c1-34(31,32)13-19(29)27(11-14-9-15-5-2-3-6-16(15)26-10-14)17(20(25)30)7-4-8-33-12-18(28)21(22,23)24/h2-3,5-6,9-10,17H,4,7-8,11-13H2,1H3,(H2,25,30)/t17-/m0/s1. The summed E-state index contributed by atoms with van der Waals surface area (Å²) in [6.07, 6.45) is -2.37. The lowest BCUT2D eigenvalue weighted by Gasteiger charge is -2.30. The van der Waals surface area contributed by atoms with Crippen LogP contribution >= 0.6 is 11.8 Å². The number of aromatic nitrogens is 1. The maximum absolute atomic E-state index is 12.8. The molecule has 8 nitrogen and oxygen atoms in total. The number of hydrogen-bond donors (Lipinski definition) is 1. The van der Waals surface area contributed by atoms with Gasteiger partial charge in [0.05, 0.1) is 11.3 Å². The van der Waals surface area contributed by atoms with E-state index in [2.05, 4.69) is 4.98 Å². The fourth-order valence-electron chi connectivity index (χ4n) is 3.16. The highest BCUT2D eigenvalue weighted by Crippen LogP contribution is 2.21. The number of fused-ring (bicyclic) bond motifs is 1. The number of Topliss-reactive ketones (excluding diaryl/α,β-unsaturated/α-hetero) is 1. The number of ketones is 1. The normalized spacial score (nSPS) is 12.9. The maximum atomic E-state index is 12.8. The third-order valence-corrected chi connectivity index (χ3v) is 6.54. The van der Waals surface area contributed by atoms with E-state index in [1.807, 2.05) is 0 Å². The van der Waals surface area contributed by atoms with Crippen LogP contribution < -0.4 is 5.73 Å². The molecule has 0 aliphatic carbocycles. The van der Waals surface area contributed by atoms with E-state index in [9.17, 15) is 36.0 Å². The van der Waals surface area contributed by atoms with Gasteiger partial charge in [0.1, 0.15) is 11.8 Å². The van der Waals surface area contributed by atoms with Gasteiger partial charge in [-0.25, -0.2) is 8.42 Å². The molecular weight excluding hydrogens is 495 g/mol. The number of rotatable bonds is 12. The van der Waals surface area contributed by atoms with Crippen LogP contribution in [0.2, 0.25) is 0 Å². The number of alkyl halides is 3.